The van der Waals surface area contributed by atoms with Crippen LogP contribution in [-0.2, 0) is 4.79 Å². The molecule has 1 aromatic carbocycles. The smallest absolute Gasteiger partial charge is 0.280 e. The molecule has 1 aromatic rings. The van der Waals surface area contributed by atoms with E-state index in [1.165, 1.54) is 11.1 Å². The topological polar surface area (TPSA) is 89.7 Å². The number of halogens is 2. The van der Waals surface area contributed by atoms with E-state index in [1.54, 1.807) is 36.7 Å². The van der Waals surface area contributed by atoms with Gasteiger partial charge in [-0.15, -0.1) is 0 Å². The van der Waals surface area contributed by atoms with E-state index in [2.05, 4.69) is 27.0 Å². The molecule has 2 rings (SSSR count). The number of carbonyl (C=O) groups excluding carboxylic acids is 1. The highest BCUT2D eigenvalue weighted by atomic mass is 19.3. The SMILES string of the molecule is C=C1N=C(C(F)F)C=C(C(C/C=N/c2ccccc2O)C(C)CCNC=O)N1/N=C\C(C)CC. The second-order valence-electron chi connectivity index (χ2n) is 8.27. The number of para-hydroxylation sites is 2. The standard InChI is InChI=1S/C25H33F2N5O2/c1-5-17(2)15-30-32-19(4)31-22(25(26)27)14-23(32)20(18(3)10-12-28-16-33)11-13-29-21-8-6-7-9-24(21)34/h6-9,13-18,20,25,34H,4-5,10-12H2,1-3H3,(H,28,33)/b29-13+,30-15-. The highest BCUT2D eigenvalue weighted by Crippen LogP contribution is 2.34. The minimum atomic E-state index is -2.75. The zero-order valence-electron chi connectivity index (χ0n) is 19.9. The number of nitrogens with one attached hydrogen (secondary N) is 1. The number of phenolic OH excluding ortho intramolecular Hbond substituents is 1. The van der Waals surface area contributed by atoms with Crippen LogP contribution in [0.25, 0.3) is 0 Å². The van der Waals surface area contributed by atoms with Crippen LogP contribution in [0.5, 0.6) is 5.75 Å². The second kappa shape index (κ2) is 13.4. The fraction of sp³-hybridized carbons (Fsp3) is 0.440. The maximum atomic E-state index is 13.6. The molecule has 184 valence electrons. The van der Waals surface area contributed by atoms with Crippen LogP contribution in [0, 0.1) is 17.8 Å². The third-order valence-electron chi connectivity index (χ3n) is 5.71. The average molecular weight is 474 g/mol. The first-order valence-electron chi connectivity index (χ1n) is 11.4. The molecule has 3 unspecified atom stereocenters. The van der Waals surface area contributed by atoms with Crippen molar-refractivity contribution in [1.82, 2.24) is 10.3 Å². The summed E-state index contributed by atoms with van der Waals surface area (Å²) in [6.07, 6.45) is 4.55. The van der Waals surface area contributed by atoms with Gasteiger partial charge in [0.25, 0.3) is 6.43 Å². The van der Waals surface area contributed by atoms with Gasteiger partial charge in [-0.3, -0.25) is 9.79 Å². The molecule has 0 aliphatic carbocycles. The number of rotatable bonds is 13. The third kappa shape index (κ3) is 7.60. The van der Waals surface area contributed by atoms with Crippen molar-refractivity contribution in [2.75, 3.05) is 6.54 Å². The molecule has 0 fully saturated rings. The minimum absolute atomic E-state index is 0.0272. The van der Waals surface area contributed by atoms with Crippen LogP contribution in [0.2, 0.25) is 0 Å². The van der Waals surface area contributed by atoms with Crippen molar-refractivity contribution in [2.24, 2.45) is 32.8 Å². The van der Waals surface area contributed by atoms with Crippen LogP contribution in [0.15, 0.2) is 63.5 Å². The lowest BCUT2D eigenvalue weighted by Crippen LogP contribution is -2.32. The molecule has 3 atom stereocenters. The first-order chi connectivity index (χ1) is 16.3. The van der Waals surface area contributed by atoms with E-state index in [1.807, 2.05) is 20.8 Å². The van der Waals surface area contributed by atoms with Crippen LogP contribution in [0.3, 0.4) is 0 Å². The highest BCUT2D eigenvalue weighted by molar-refractivity contribution is 5.99. The lowest BCUT2D eigenvalue weighted by atomic mass is 9.84. The van der Waals surface area contributed by atoms with E-state index in [4.69, 9.17) is 0 Å². The molecule has 1 aliphatic heterocycles. The van der Waals surface area contributed by atoms with Gasteiger partial charge in [0, 0.05) is 24.9 Å². The van der Waals surface area contributed by atoms with Gasteiger partial charge in [-0.1, -0.05) is 39.5 Å². The summed E-state index contributed by atoms with van der Waals surface area (Å²) in [5.74, 6) is 0.0486. The Morgan fingerprint density at radius 1 is 1.29 bits per heavy atom. The number of carbonyl (C=O) groups is 1. The Balaban J connectivity index is 2.43. The van der Waals surface area contributed by atoms with Gasteiger partial charge in [0.15, 0.2) is 0 Å². The maximum Gasteiger partial charge on any atom is 0.280 e. The number of allylic oxidation sites excluding steroid dienone is 2. The van der Waals surface area contributed by atoms with Crippen molar-refractivity contribution in [3.63, 3.8) is 0 Å². The summed E-state index contributed by atoms with van der Waals surface area (Å²) in [6, 6.07) is 6.70. The summed E-state index contributed by atoms with van der Waals surface area (Å²) < 4.78 is 27.2. The summed E-state index contributed by atoms with van der Waals surface area (Å²) in [5, 5.41) is 18.7. The van der Waals surface area contributed by atoms with Gasteiger partial charge in [-0.25, -0.2) is 18.8 Å². The molecule has 0 spiro atoms. The van der Waals surface area contributed by atoms with E-state index in [0.717, 1.165) is 6.42 Å². The summed E-state index contributed by atoms with van der Waals surface area (Å²) in [7, 11) is 0. The molecular weight excluding hydrogens is 440 g/mol. The van der Waals surface area contributed by atoms with Crippen molar-refractivity contribution in [1.29, 1.82) is 0 Å². The summed E-state index contributed by atoms with van der Waals surface area (Å²) in [6.45, 7) is 10.3. The van der Waals surface area contributed by atoms with Gasteiger partial charge in [0.2, 0.25) is 6.41 Å². The zero-order valence-corrected chi connectivity index (χ0v) is 19.9. The molecule has 1 amide bonds. The predicted molar refractivity (Wildman–Crippen MR) is 133 cm³/mol. The van der Waals surface area contributed by atoms with E-state index in [-0.39, 0.29) is 35.0 Å². The number of hydrogen-bond donors (Lipinski definition) is 2. The molecule has 2 N–H and O–H groups in total. The van der Waals surface area contributed by atoms with E-state index in [0.29, 0.717) is 37.2 Å². The van der Waals surface area contributed by atoms with Crippen molar-refractivity contribution < 1.29 is 18.7 Å². The molecule has 0 bridgehead atoms. The Hall–Kier alpha value is -3.36. The van der Waals surface area contributed by atoms with Crippen molar-refractivity contribution in [3.05, 3.63) is 48.4 Å². The van der Waals surface area contributed by atoms with Crippen molar-refractivity contribution in [3.8, 4) is 5.75 Å². The number of alkyl halides is 2. The first-order valence-corrected chi connectivity index (χ1v) is 11.4. The molecule has 7 nitrogen and oxygen atoms in total. The molecule has 0 saturated carbocycles. The molecule has 34 heavy (non-hydrogen) atoms. The Morgan fingerprint density at radius 3 is 2.68 bits per heavy atom. The number of phenols is 1. The molecule has 9 heteroatoms. The van der Waals surface area contributed by atoms with E-state index >= 15 is 0 Å². The van der Waals surface area contributed by atoms with Crippen molar-refractivity contribution >= 4 is 30.2 Å². The quantitative estimate of drug-likeness (QED) is 0.232. The lowest BCUT2D eigenvalue weighted by molar-refractivity contribution is -0.109. The zero-order chi connectivity index (χ0) is 25.1. The summed E-state index contributed by atoms with van der Waals surface area (Å²) in [4.78, 5) is 19.0. The van der Waals surface area contributed by atoms with Crippen LogP contribution in [0.4, 0.5) is 14.5 Å². The van der Waals surface area contributed by atoms with Gasteiger partial charge in [-0.05, 0) is 49.3 Å². The van der Waals surface area contributed by atoms with E-state index < -0.39 is 6.43 Å². The molecular formula is C25H33F2N5O2. The second-order valence-corrected chi connectivity index (χ2v) is 8.27. The highest BCUT2D eigenvalue weighted by Gasteiger charge is 2.31. The maximum absolute atomic E-state index is 13.6. The molecule has 0 radical (unpaired) electrons. The number of nitrogens with zero attached hydrogens (tertiary/aromatic N) is 4. The van der Waals surface area contributed by atoms with Crippen LogP contribution >= 0.6 is 0 Å². The van der Waals surface area contributed by atoms with Crippen LogP contribution in [0.1, 0.15) is 40.0 Å². The predicted octanol–water partition coefficient (Wildman–Crippen LogP) is 5.28. The first kappa shape index (κ1) is 26.9. The minimum Gasteiger partial charge on any atom is -0.506 e. The van der Waals surface area contributed by atoms with Crippen molar-refractivity contribution in [2.45, 2.75) is 46.5 Å². The molecule has 1 aliphatic rings. The van der Waals surface area contributed by atoms with E-state index in [9.17, 15) is 18.7 Å². The number of aliphatic imine (C=N–C) groups is 2. The fourth-order valence-corrected chi connectivity index (χ4v) is 3.44. The largest absolute Gasteiger partial charge is 0.506 e. The molecule has 0 saturated heterocycles. The fourth-order valence-electron chi connectivity index (χ4n) is 3.44. The van der Waals surface area contributed by atoms with Crippen LogP contribution < -0.4 is 5.32 Å². The Bertz CT molecular complexity index is 958. The monoisotopic (exact) mass is 473 g/mol. The number of aromatic hydroxyl groups is 1. The van der Waals surface area contributed by atoms with Gasteiger partial charge in [0.1, 0.15) is 23.0 Å². The average Bonchev–Trinajstić information content (AvgIpc) is 2.81. The third-order valence-corrected chi connectivity index (χ3v) is 5.71. The molecule has 1 heterocycles. The Labute approximate surface area is 199 Å². The number of benzene rings is 1. The Kier molecular flexibility index (Phi) is 10.6. The number of hydrogen-bond acceptors (Lipinski definition) is 6. The normalized spacial score (nSPS) is 17.1. The van der Waals surface area contributed by atoms with Crippen LogP contribution in [-0.4, -0.2) is 47.6 Å². The number of hydrazone groups is 1. The van der Waals surface area contributed by atoms with Gasteiger partial charge in [-0.2, -0.15) is 5.10 Å². The van der Waals surface area contributed by atoms with Gasteiger partial charge in [0.05, 0.1) is 5.70 Å². The van der Waals surface area contributed by atoms with Gasteiger partial charge >= 0.3 is 0 Å². The summed E-state index contributed by atoms with van der Waals surface area (Å²) in [5.41, 5.74) is 0.591. The molecule has 0 aromatic heterocycles. The van der Waals surface area contributed by atoms with Gasteiger partial charge < -0.3 is 10.4 Å². The Morgan fingerprint density at radius 2 is 2.03 bits per heavy atom. The lowest BCUT2D eigenvalue weighted by Gasteiger charge is -2.34. The number of amides is 1. The summed E-state index contributed by atoms with van der Waals surface area (Å²) >= 11 is 0.